The van der Waals surface area contributed by atoms with Gasteiger partial charge in [0.15, 0.2) is 0 Å². The minimum atomic E-state index is -4.29. The Kier molecular flexibility index (Phi) is 4.61. The smallest absolute Gasteiger partial charge is 0.412 e. The highest BCUT2D eigenvalue weighted by Gasteiger charge is 2.30. The summed E-state index contributed by atoms with van der Waals surface area (Å²) in [6.07, 6.45) is -4.06. The van der Waals surface area contributed by atoms with Crippen molar-refractivity contribution >= 4 is 0 Å². The average Bonchev–Trinajstić information content (AvgIpc) is 2.23. The van der Waals surface area contributed by atoms with Crippen molar-refractivity contribution in [1.29, 1.82) is 0 Å². The summed E-state index contributed by atoms with van der Waals surface area (Å²) >= 11 is 0. The molecule has 0 aromatic heterocycles. The summed E-state index contributed by atoms with van der Waals surface area (Å²) in [6.45, 7) is 5.20. The summed E-state index contributed by atoms with van der Waals surface area (Å²) in [6, 6.07) is 7.40. The van der Waals surface area contributed by atoms with E-state index in [1.54, 1.807) is 6.07 Å². The second-order valence-electron chi connectivity index (χ2n) is 3.87. The largest absolute Gasteiger partial charge is 0.494 e. The van der Waals surface area contributed by atoms with Crippen molar-refractivity contribution in [2.45, 2.75) is 25.9 Å². The van der Waals surface area contributed by atoms with E-state index in [9.17, 15) is 13.2 Å². The van der Waals surface area contributed by atoms with Gasteiger partial charge in [0.25, 0.3) is 0 Å². The second-order valence-corrected chi connectivity index (χ2v) is 3.87. The number of hydrogen-bond donors (Lipinski definition) is 0. The maximum Gasteiger partial charge on any atom is 0.412 e. The van der Waals surface area contributed by atoms with Crippen LogP contribution in [0.25, 0.3) is 0 Å². The Morgan fingerprint density at radius 2 is 2.06 bits per heavy atom. The molecule has 17 heavy (non-hydrogen) atoms. The molecular weight excluding hydrogens is 229 g/mol. The Morgan fingerprint density at radius 1 is 1.35 bits per heavy atom. The van der Waals surface area contributed by atoms with E-state index in [4.69, 9.17) is 4.74 Å². The van der Waals surface area contributed by atoms with Crippen molar-refractivity contribution in [3.05, 3.63) is 42.0 Å². The van der Waals surface area contributed by atoms with Crippen LogP contribution in [0.4, 0.5) is 13.2 Å². The minimum absolute atomic E-state index is 0.0880. The van der Waals surface area contributed by atoms with E-state index in [1.165, 1.54) is 0 Å². The zero-order valence-corrected chi connectivity index (χ0v) is 9.68. The molecule has 0 heterocycles. The predicted octanol–water partition coefficient (Wildman–Crippen LogP) is 4.27. The molecule has 4 heteroatoms. The standard InChI is InChI=1S/C13H15F3O/c1-10-5-3-7-12(9-10)17-8-4-6-11(2)13(14,15)16/h3,5,7,9H,2,4,6,8H2,1H3. The predicted molar refractivity (Wildman–Crippen MR) is 61.1 cm³/mol. The first-order chi connectivity index (χ1) is 7.89. The highest BCUT2D eigenvalue weighted by molar-refractivity contribution is 5.27. The molecule has 0 bridgehead atoms. The molecule has 0 aliphatic carbocycles. The van der Waals surface area contributed by atoms with Crippen LogP contribution in [0.5, 0.6) is 5.75 Å². The lowest BCUT2D eigenvalue weighted by atomic mass is 10.1. The average molecular weight is 244 g/mol. The van der Waals surface area contributed by atoms with E-state index in [2.05, 4.69) is 6.58 Å². The van der Waals surface area contributed by atoms with Gasteiger partial charge in [-0.25, -0.2) is 0 Å². The number of alkyl halides is 3. The van der Waals surface area contributed by atoms with Gasteiger partial charge in [-0.1, -0.05) is 18.7 Å². The van der Waals surface area contributed by atoms with Crippen LogP contribution in [0.1, 0.15) is 18.4 Å². The van der Waals surface area contributed by atoms with Crippen LogP contribution in [-0.4, -0.2) is 12.8 Å². The fraction of sp³-hybridized carbons (Fsp3) is 0.385. The fourth-order valence-electron chi connectivity index (χ4n) is 1.32. The summed E-state index contributed by atoms with van der Waals surface area (Å²) < 4.78 is 41.7. The van der Waals surface area contributed by atoms with Gasteiger partial charge in [0.05, 0.1) is 6.61 Å². The molecule has 0 radical (unpaired) electrons. The molecule has 0 N–H and O–H groups in total. The molecule has 0 saturated carbocycles. The molecule has 1 rings (SSSR count). The summed E-state index contributed by atoms with van der Waals surface area (Å²) in [5.74, 6) is 0.683. The van der Waals surface area contributed by atoms with Crippen LogP contribution < -0.4 is 4.74 Å². The van der Waals surface area contributed by atoms with E-state index in [0.717, 1.165) is 5.56 Å². The fourth-order valence-corrected chi connectivity index (χ4v) is 1.32. The molecule has 0 atom stereocenters. The quantitative estimate of drug-likeness (QED) is 0.555. The lowest BCUT2D eigenvalue weighted by molar-refractivity contribution is -0.0938. The third-order valence-electron chi connectivity index (χ3n) is 2.28. The van der Waals surface area contributed by atoms with Gasteiger partial charge in [0.2, 0.25) is 0 Å². The van der Waals surface area contributed by atoms with Gasteiger partial charge >= 0.3 is 6.18 Å². The SMILES string of the molecule is C=C(CCCOc1cccc(C)c1)C(F)(F)F. The van der Waals surface area contributed by atoms with E-state index in [0.29, 0.717) is 12.2 Å². The maximum atomic E-state index is 12.1. The highest BCUT2D eigenvalue weighted by Crippen LogP contribution is 2.27. The molecule has 1 aromatic rings. The van der Waals surface area contributed by atoms with E-state index < -0.39 is 11.7 Å². The lowest BCUT2D eigenvalue weighted by Gasteiger charge is -2.10. The summed E-state index contributed by atoms with van der Waals surface area (Å²) in [5.41, 5.74) is 0.354. The third-order valence-corrected chi connectivity index (χ3v) is 2.28. The number of aryl methyl sites for hydroxylation is 1. The maximum absolute atomic E-state index is 12.1. The van der Waals surface area contributed by atoms with Crippen molar-refractivity contribution in [2.24, 2.45) is 0 Å². The molecule has 0 spiro atoms. The topological polar surface area (TPSA) is 9.23 Å². The van der Waals surface area contributed by atoms with Crippen LogP contribution in [-0.2, 0) is 0 Å². The molecule has 0 unspecified atom stereocenters. The van der Waals surface area contributed by atoms with E-state index >= 15 is 0 Å². The van der Waals surface area contributed by atoms with Crippen molar-refractivity contribution in [2.75, 3.05) is 6.61 Å². The molecule has 1 nitrogen and oxygen atoms in total. The van der Waals surface area contributed by atoms with Crippen LogP contribution in [0.3, 0.4) is 0 Å². The van der Waals surface area contributed by atoms with Crippen LogP contribution in [0.2, 0.25) is 0 Å². The van der Waals surface area contributed by atoms with Gasteiger partial charge in [-0.3, -0.25) is 0 Å². The van der Waals surface area contributed by atoms with E-state index in [1.807, 2.05) is 25.1 Å². The first-order valence-corrected chi connectivity index (χ1v) is 5.34. The highest BCUT2D eigenvalue weighted by atomic mass is 19.4. The van der Waals surface area contributed by atoms with Crippen LogP contribution in [0.15, 0.2) is 36.4 Å². The van der Waals surface area contributed by atoms with Crippen molar-refractivity contribution in [3.63, 3.8) is 0 Å². The molecule has 0 aliphatic rings. The Balaban J connectivity index is 2.28. The Bertz CT molecular complexity index is 382. The van der Waals surface area contributed by atoms with Crippen LogP contribution in [0, 0.1) is 6.92 Å². The number of ether oxygens (including phenoxy) is 1. The zero-order chi connectivity index (χ0) is 12.9. The zero-order valence-electron chi connectivity index (χ0n) is 9.68. The van der Waals surface area contributed by atoms with Gasteiger partial charge in [-0.2, -0.15) is 13.2 Å². The molecule has 0 aliphatic heterocycles. The molecule has 0 fully saturated rings. The summed E-state index contributed by atoms with van der Waals surface area (Å²) in [5, 5.41) is 0. The Morgan fingerprint density at radius 3 is 2.65 bits per heavy atom. The third kappa shape index (κ3) is 4.93. The summed E-state index contributed by atoms with van der Waals surface area (Å²) in [4.78, 5) is 0. The number of halogens is 3. The Hall–Kier alpha value is -1.45. The number of allylic oxidation sites excluding steroid dienone is 1. The number of hydrogen-bond acceptors (Lipinski definition) is 1. The Labute approximate surface area is 98.9 Å². The first-order valence-electron chi connectivity index (χ1n) is 5.34. The monoisotopic (exact) mass is 244 g/mol. The molecule has 0 saturated heterocycles. The number of rotatable bonds is 5. The van der Waals surface area contributed by atoms with Crippen LogP contribution >= 0.6 is 0 Å². The van der Waals surface area contributed by atoms with Crippen molar-refractivity contribution < 1.29 is 17.9 Å². The number of benzene rings is 1. The normalized spacial score (nSPS) is 11.3. The van der Waals surface area contributed by atoms with Gasteiger partial charge in [0.1, 0.15) is 5.75 Å². The minimum Gasteiger partial charge on any atom is -0.494 e. The second kappa shape index (κ2) is 5.75. The van der Waals surface area contributed by atoms with Gasteiger partial charge in [-0.05, 0) is 37.5 Å². The van der Waals surface area contributed by atoms with E-state index in [-0.39, 0.29) is 13.0 Å². The van der Waals surface area contributed by atoms with Gasteiger partial charge in [0, 0.05) is 5.57 Å². The van der Waals surface area contributed by atoms with Gasteiger partial charge < -0.3 is 4.74 Å². The lowest BCUT2D eigenvalue weighted by Crippen LogP contribution is -2.11. The van der Waals surface area contributed by atoms with Crippen molar-refractivity contribution in [3.8, 4) is 5.75 Å². The van der Waals surface area contributed by atoms with Gasteiger partial charge in [-0.15, -0.1) is 0 Å². The van der Waals surface area contributed by atoms with Crippen molar-refractivity contribution in [1.82, 2.24) is 0 Å². The molecule has 94 valence electrons. The molecule has 0 amide bonds. The first kappa shape index (κ1) is 13.6. The molecular formula is C13H15F3O. The molecule has 1 aromatic carbocycles. The summed E-state index contributed by atoms with van der Waals surface area (Å²) in [7, 11) is 0.